The number of carboxylic acids is 1. The van der Waals surface area contributed by atoms with E-state index in [-0.39, 0.29) is 11.8 Å². The van der Waals surface area contributed by atoms with Gasteiger partial charge in [-0.25, -0.2) is 9.97 Å². The van der Waals surface area contributed by atoms with Crippen molar-refractivity contribution < 1.29 is 14.7 Å². The van der Waals surface area contributed by atoms with Crippen LogP contribution in [0.5, 0.6) is 0 Å². The van der Waals surface area contributed by atoms with Crippen LogP contribution in [0, 0.1) is 19.8 Å². The van der Waals surface area contributed by atoms with Crippen molar-refractivity contribution in [1.29, 1.82) is 0 Å². The number of rotatable bonds is 8. The number of nitrogens with one attached hydrogen (secondary N) is 2. The fraction of sp³-hybridized carbons (Fsp3) is 0.324. The third-order valence-electron chi connectivity index (χ3n) is 9.79. The maximum Gasteiger partial charge on any atom is 0.307 e. The maximum atomic E-state index is 13.5. The number of aliphatic carboxylic acids is 1. The van der Waals surface area contributed by atoms with E-state index in [9.17, 15) is 14.7 Å². The fourth-order valence-electron chi connectivity index (χ4n) is 7.01. The van der Waals surface area contributed by atoms with Crippen molar-refractivity contribution in [2.75, 3.05) is 37.3 Å². The van der Waals surface area contributed by atoms with Crippen molar-refractivity contribution in [1.82, 2.24) is 29.3 Å². The highest BCUT2D eigenvalue weighted by molar-refractivity contribution is 6.03. The molecule has 0 saturated carbocycles. The van der Waals surface area contributed by atoms with Gasteiger partial charge in [0.2, 0.25) is 0 Å². The van der Waals surface area contributed by atoms with Gasteiger partial charge in [0.15, 0.2) is 11.6 Å². The van der Waals surface area contributed by atoms with Crippen molar-refractivity contribution in [3.8, 4) is 11.1 Å². The quantitative estimate of drug-likeness (QED) is 0.200. The first-order chi connectivity index (χ1) is 23.2. The molecule has 3 aromatic heterocycles. The molecule has 0 bridgehead atoms. The summed E-state index contributed by atoms with van der Waals surface area (Å²) in [6, 6.07) is 16.2. The number of carbonyl (C=O) groups is 2. The standard InChI is InChI=1S/C37H40N8O3/c1-22-27(28-8-6-10-30(23(28)2)42-36(46)35-41-31-21-43(3)15-13-32(31)44(35)4)7-5-9-29(22)40-34-33-25(11-14-38-34)17-24(18-39-33)19-45-16-12-26(20-45)37(47)48/h5-11,14,17-18,26H,12-13,15-16,19-21H2,1-4H3,(H,38,40)(H,42,46)(H,47,48). The van der Waals surface area contributed by atoms with Gasteiger partial charge in [-0.1, -0.05) is 24.3 Å². The second-order valence-electron chi connectivity index (χ2n) is 13.0. The molecule has 1 atom stereocenters. The Hall–Kier alpha value is -5.13. The molecule has 3 N–H and O–H groups in total. The zero-order chi connectivity index (χ0) is 33.5. The van der Waals surface area contributed by atoms with Gasteiger partial charge in [-0.15, -0.1) is 0 Å². The van der Waals surface area contributed by atoms with Crippen LogP contribution in [0.3, 0.4) is 0 Å². The number of benzene rings is 2. The van der Waals surface area contributed by atoms with Crippen LogP contribution in [-0.4, -0.2) is 73.0 Å². The molecule has 246 valence electrons. The van der Waals surface area contributed by atoms with Crippen LogP contribution in [0.1, 0.15) is 45.1 Å². The molecule has 1 fully saturated rings. The predicted molar refractivity (Wildman–Crippen MR) is 186 cm³/mol. The van der Waals surface area contributed by atoms with Crippen LogP contribution in [0.25, 0.3) is 22.0 Å². The van der Waals surface area contributed by atoms with Gasteiger partial charge in [-0.05, 0) is 85.9 Å². The van der Waals surface area contributed by atoms with E-state index >= 15 is 0 Å². The Labute approximate surface area is 279 Å². The number of amides is 1. The molecular weight excluding hydrogens is 604 g/mol. The number of anilines is 3. The number of aromatic nitrogens is 4. The molecule has 1 unspecified atom stereocenters. The van der Waals surface area contributed by atoms with E-state index in [4.69, 9.17) is 9.97 Å². The van der Waals surface area contributed by atoms with E-state index < -0.39 is 5.97 Å². The number of likely N-dealkylation sites (tertiary alicyclic amines) is 1. The molecule has 48 heavy (non-hydrogen) atoms. The first-order valence-corrected chi connectivity index (χ1v) is 16.4. The molecular formula is C37H40N8O3. The Morgan fingerprint density at radius 2 is 1.73 bits per heavy atom. The largest absolute Gasteiger partial charge is 0.481 e. The van der Waals surface area contributed by atoms with E-state index in [0.29, 0.717) is 31.2 Å². The molecule has 0 spiro atoms. The molecule has 5 aromatic rings. The Bertz CT molecular complexity index is 2050. The van der Waals surface area contributed by atoms with Crippen molar-refractivity contribution >= 4 is 40.0 Å². The van der Waals surface area contributed by atoms with E-state index in [1.807, 2.05) is 55.1 Å². The number of imidazole rings is 1. The summed E-state index contributed by atoms with van der Waals surface area (Å²) in [7, 11) is 3.99. The Morgan fingerprint density at radius 3 is 2.48 bits per heavy atom. The number of hydrogen-bond acceptors (Lipinski definition) is 8. The lowest BCUT2D eigenvalue weighted by Gasteiger charge is -2.21. The highest BCUT2D eigenvalue weighted by Crippen LogP contribution is 2.35. The number of likely N-dealkylation sites (N-methyl/N-ethyl adjacent to an activating group) is 1. The van der Waals surface area contributed by atoms with Crippen molar-refractivity contribution in [3.05, 3.63) is 94.8 Å². The van der Waals surface area contributed by atoms with Crippen LogP contribution in [-0.2, 0) is 31.4 Å². The number of carboxylic acid groups (broad SMARTS) is 1. The van der Waals surface area contributed by atoms with Crippen molar-refractivity contribution in [2.24, 2.45) is 13.0 Å². The Balaban J connectivity index is 1.11. The number of carbonyl (C=O) groups excluding carboxylic acids is 1. The summed E-state index contributed by atoms with van der Waals surface area (Å²) in [5, 5.41) is 17.0. The number of fused-ring (bicyclic) bond motifs is 2. The molecule has 1 saturated heterocycles. The lowest BCUT2D eigenvalue weighted by atomic mass is 9.94. The number of nitrogens with zero attached hydrogens (tertiary/aromatic N) is 6. The minimum absolute atomic E-state index is 0.218. The normalized spacial score (nSPS) is 16.6. The summed E-state index contributed by atoms with van der Waals surface area (Å²) in [6.07, 6.45) is 5.18. The molecule has 2 aliphatic rings. The van der Waals surface area contributed by atoms with Gasteiger partial charge in [0.05, 0.1) is 11.6 Å². The first-order valence-electron chi connectivity index (χ1n) is 16.4. The molecule has 7 rings (SSSR count). The summed E-state index contributed by atoms with van der Waals surface area (Å²) in [5.74, 6) is -0.162. The van der Waals surface area contributed by atoms with Crippen LogP contribution in [0.15, 0.2) is 60.9 Å². The fourth-order valence-corrected chi connectivity index (χ4v) is 7.01. The lowest BCUT2D eigenvalue weighted by Crippen LogP contribution is -2.27. The minimum atomic E-state index is -0.725. The van der Waals surface area contributed by atoms with Gasteiger partial charge in [0.1, 0.15) is 5.52 Å². The monoisotopic (exact) mass is 644 g/mol. The second-order valence-corrected chi connectivity index (χ2v) is 13.0. The number of hydrogen-bond donors (Lipinski definition) is 3. The van der Waals surface area contributed by atoms with Gasteiger partial charge in [0, 0.05) is 74.5 Å². The van der Waals surface area contributed by atoms with E-state index in [1.165, 1.54) is 0 Å². The van der Waals surface area contributed by atoms with Gasteiger partial charge >= 0.3 is 5.97 Å². The topological polar surface area (TPSA) is 129 Å². The Kier molecular flexibility index (Phi) is 8.40. The van der Waals surface area contributed by atoms with E-state index in [2.05, 4.69) is 57.6 Å². The maximum absolute atomic E-state index is 13.5. The summed E-state index contributed by atoms with van der Waals surface area (Å²) in [6.45, 7) is 7.80. The summed E-state index contributed by atoms with van der Waals surface area (Å²) < 4.78 is 1.93. The smallest absolute Gasteiger partial charge is 0.307 e. The van der Waals surface area contributed by atoms with Crippen molar-refractivity contribution in [2.45, 2.75) is 39.8 Å². The van der Waals surface area contributed by atoms with Gasteiger partial charge in [-0.3, -0.25) is 19.5 Å². The SMILES string of the molecule is Cc1c(NC(=O)c2nc3c(n2C)CCN(C)C3)cccc1-c1cccc(Nc2nccc3cc(CN4CCC(C(=O)O)C4)cnc23)c1C. The molecule has 2 aliphatic heterocycles. The predicted octanol–water partition coefficient (Wildman–Crippen LogP) is 5.54. The van der Waals surface area contributed by atoms with Gasteiger partial charge in [0.25, 0.3) is 5.91 Å². The molecule has 0 aliphatic carbocycles. The van der Waals surface area contributed by atoms with Gasteiger partial charge < -0.3 is 25.2 Å². The third kappa shape index (κ3) is 6.02. The third-order valence-corrected chi connectivity index (χ3v) is 9.79. The van der Waals surface area contributed by atoms with E-state index in [0.717, 1.165) is 87.5 Å². The minimum Gasteiger partial charge on any atom is -0.481 e. The van der Waals surface area contributed by atoms with Crippen molar-refractivity contribution in [3.63, 3.8) is 0 Å². The highest BCUT2D eigenvalue weighted by Gasteiger charge is 2.28. The van der Waals surface area contributed by atoms with Crippen LogP contribution < -0.4 is 10.6 Å². The second kappa shape index (κ2) is 12.8. The van der Waals surface area contributed by atoms with Crippen LogP contribution >= 0.6 is 0 Å². The summed E-state index contributed by atoms with van der Waals surface area (Å²) >= 11 is 0. The zero-order valence-corrected chi connectivity index (χ0v) is 27.7. The molecule has 0 radical (unpaired) electrons. The lowest BCUT2D eigenvalue weighted by molar-refractivity contribution is -0.141. The Morgan fingerprint density at radius 1 is 0.979 bits per heavy atom. The molecule has 2 aromatic carbocycles. The number of pyridine rings is 2. The molecule has 1 amide bonds. The highest BCUT2D eigenvalue weighted by atomic mass is 16.4. The van der Waals surface area contributed by atoms with Crippen LogP contribution in [0.4, 0.5) is 17.2 Å². The summed E-state index contributed by atoms with van der Waals surface area (Å²) in [4.78, 5) is 43.3. The average Bonchev–Trinajstić information content (AvgIpc) is 3.67. The molecule has 5 heterocycles. The van der Waals surface area contributed by atoms with Gasteiger partial charge in [-0.2, -0.15) is 0 Å². The van der Waals surface area contributed by atoms with Crippen LogP contribution in [0.2, 0.25) is 0 Å². The first kappa shape index (κ1) is 31.5. The van der Waals surface area contributed by atoms with E-state index in [1.54, 1.807) is 6.20 Å². The zero-order valence-electron chi connectivity index (χ0n) is 27.7. The average molecular weight is 645 g/mol. The molecule has 11 nitrogen and oxygen atoms in total. The molecule has 11 heteroatoms. The summed E-state index contributed by atoms with van der Waals surface area (Å²) in [5.41, 5.74) is 9.64.